The van der Waals surface area contributed by atoms with Crippen LogP contribution >= 0.6 is 0 Å². The summed E-state index contributed by atoms with van der Waals surface area (Å²) >= 11 is 0. The molecule has 1 rings (SSSR count). The third kappa shape index (κ3) is 5.31. The molecule has 0 aromatic heterocycles. The Balaban J connectivity index is 2.57. The van der Waals surface area contributed by atoms with E-state index in [4.69, 9.17) is 5.11 Å². The van der Waals surface area contributed by atoms with Crippen molar-refractivity contribution in [3.05, 3.63) is 33.9 Å². The molecule has 0 spiro atoms. The number of Topliss-reactive ketones (excluding diaryl/α,β-unsaturated/α-hetero) is 2. The number of unbranched alkanes of at least 4 members (excludes halogenated alkanes) is 2. The van der Waals surface area contributed by atoms with Crippen LogP contribution in [0.15, 0.2) is 33.9 Å². The predicted molar refractivity (Wildman–Crippen MR) is 90.2 cm³/mol. The standard InChI is InChI=1S/C19H26O4/c1-12(8-6-5-7-9-17(20)21)10-11-16-15(4)18(22)13(2)14(3)19(16)23/h10H,5-9,11H2,1-4H3,(H,20,21). The van der Waals surface area contributed by atoms with E-state index >= 15 is 0 Å². The van der Waals surface area contributed by atoms with Gasteiger partial charge < -0.3 is 5.11 Å². The summed E-state index contributed by atoms with van der Waals surface area (Å²) in [4.78, 5) is 34.8. The van der Waals surface area contributed by atoms with Gasteiger partial charge in [-0.05, 0) is 53.4 Å². The molecule has 0 saturated heterocycles. The van der Waals surface area contributed by atoms with Crippen molar-refractivity contribution in [2.24, 2.45) is 0 Å². The maximum absolute atomic E-state index is 12.3. The van der Waals surface area contributed by atoms with Gasteiger partial charge in [0.15, 0.2) is 11.6 Å². The summed E-state index contributed by atoms with van der Waals surface area (Å²) in [7, 11) is 0. The molecule has 1 aliphatic carbocycles. The van der Waals surface area contributed by atoms with Crippen LogP contribution in [0.2, 0.25) is 0 Å². The molecule has 4 nitrogen and oxygen atoms in total. The van der Waals surface area contributed by atoms with Crippen molar-refractivity contribution < 1.29 is 19.5 Å². The summed E-state index contributed by atoms with van der Waals surface area (Å²) in [5.74, 6) is -0.805. The van der Waals surface area contributed by atoms with E-state index < -0.39 is 5.97 Å². The van der Waals surface area contributed by atoms with Gasteiger partial charge in [-0.1, -0.05) is 18.1 Å². The molecule has 0 aliphatic heterocycles. The maximum Gasteiger partial charge on any atom is 0.303 e. The first-order valence-electron chi connectivity index (χ1n) is 8.09. The SMILES string of the molecule is CC(=CCC1=C(C)C(=O)C(C)=C(C)C1=O)CCCCCC(=O)O. The number of allylic oxidation sites excluding steroid dienone is 6. The van der Waals surface area contributed by atoms with Crippen molar-refractivity contribution in [2.45, 2.75) is 66.2 Å². The van der Waals surface area contributed by atoms with E-state index in [2.05, 4.69) is 0 Å². The highest BCUT2D eigenvalue weighted by atomic mass is 16.4. The van der Waals surface area contributed by atoms with Crippen LogP contribution < -0.4 is 0 Å². The van der Waals surface area contributed by atoms with Crippen LogP contribution in [-0.4, -0.2) is 22.6 Å². The van der Waals surface area contributed by atoms with Gasteiger partial charge in [-0.15, -0.1) is 0 Å². The van der Waals surface area contributed by atoms with Crippen molar-refractivity contribution in [2.75, 3.05) is 0 Å². The Morgan fingerprint density at radius 1 is 0.913 bits per heavy atom. The van der Waals surface area contributed by atoms with Gasteiger partial charge in [0.25, 0.3) is 0 Å². The maximum atomic E-state index is 12.3. The molecule has 23 heavy (non-hydrogen) atoms. The second-order valence-electron chi connectivity index (χ2n) is 6.22. The Morgan fingerprint density at radius 3 is 2.09 bits per heavy atom. The first kappa shape index (κ1) is 19.1. The summed E-state index contributed by atoms with van der Waals surface area (Å²) < 4.78 is 0. The molecule has 0 atom stereocenters. The topological polar surface area (TPSA) is 71.4 Å². The molecule has 1 aliphatic rings. The molecule has 0 amide bonds. The molecular formula is C19H26O4. The second-order valence-corrected chi connectivity index (χ2v) is 6.22. The lowest BCUT2D eigenvalue weighted by atomic mass is 9.84. The highest BCUT2D eigenvalue weighted by Crippen LogP contribution is 2.27. The van der Waals surface area contributed by atoms with Gasteiger partial charge in [0.1, 0.15) is 0 Å². The van der Waals surface area contributed by atoms with Crippen molar-refractivity contribution in [1.82, 2.24) is 0 Å². The number of hydrogen-bond donors (Lipinski definition) is 1. The number of aliphatic carboxylic acids is 1. The summed E-state index contributed by atoms with van der Waals surface area (Å²) in [6, 6.07) is 0. The number of carbonyl (C=O) groups excluding carboxylic acids is 2. The Bertz CT molecular complexity index is 603. The van der Waals surface area contributed by atoms with Gasteiger partial charge in [0.2, 0.25) is 0 Å². The molecule has 1 N–H and O–H groups in total. The quantitative estimate of drug-likeness (QED) is 0.414. The summed E-state index contributed by atoms with van der Waals surface area (Å²) in [5, 5.41) is 8.58. The van der Waals surface area contributed by atoms with E-state index in [1.54, 1.807) is 20.8 Å². The minimum absolute atomic E-state index is 0.0230. The summed E-state index contributed by atoms with van der Waals surface area (Å²) in [6.45, 7) is 7.14. The van der Waals surface area contributed by atoms with E-state index in [9.17, 15) is 14.4 Å². The average molecular weight is 318 g/mol. The lowest BCUT2D eigenvalue weighted by Crippen LogP contribution is -2.20. The van der Waals surface area contributed by atoms with E-state index in [-0.39, 0.29) is 18.0 Å². The highest BCUT2D eigenvalue weighted by molar-refractivity contribution is 6.24. The van der Waals surface area contributed by atoms with Gasteiger partial charge in [-0.25, -0.2) is 0 Å². The zero-order valence-electron chi connectivity index (χ0n) is 14.5. The first-order valence-corrected chi connectivity index (χ1v) is 8.09. The van der Waals surface area contributed by atoms with Crippen molar-refractivity contribution in [3.63, 3.8) is 0 Å². The molecule has 4 heteroatoms. The van der Waals surface area contributed by atoms with Gasteiger partial charge in [-0.3, -0.25) is 14.4 Å². The molecule has 0 saturated carbocycles. The smallest absolute Gasteiger partial charge is 0.303 e. The number of carboxylic acids is 1. The van der Waals surface area contributed by atoms with Crippen LogP contribution in [0.25, 0.3) is 0 Å². The minimum atomic E-state index is -0.751. The second kappa shape index (κ2) is 8.61. The average Bonchev–Trinajstić information content (AvgIpc) is 2.50. The van der Waals surface area contributed by atoms with Crippen LogP contribution in [-0.2, 0) is 14.4 Å². The number of ketones is 2. The number of carbonyl (C=O) groups is 3. The molecule has 0 fully saturated rings. The van der Waals surface area contributed by atoms with Crippen LogP contribution in [0.3, 0.4) is 0 Å². The monoisotopic (exact) mass is 318 g/mol. The van der Waals surface area contributed by atoms with E-state index in [1.165, 1.54) is 5.57 Å². The minimum Gasteiger partial charge on any atom is -0.481 e. The summed E-state index contributed by atoms with van der Waals surface area (Å²) in [6.07, 6.45) is 6.13. The number of carboxylic acid groups (broad SMARTS) is 1. The molecular weight excluding hydrogens is 292 g/mol. The van der Waals surface area contributed by atoms with Gasteiger partial charge in [-0.2, -0.15) is 0 Å². The van der Waals surface area contributed by atoms with Gasteiger partial charge in [0.05, 0.1) is 0 Å². The van der Waals surface area contributed by atoms with E-state index in [0.717, 1.165) is 19.3 Å². The molecule has 126 valence electrons. The van der Waals surface area contributed by atoms with Crippen LogP contribution in [0.5, 0.6) is 0 Å². The fraction of sp³-hybridized carbons (Fsp3) is 0.526. The summed E-state index contributed by atoms with van der Waals surface area (Å²) in [5.41, 5.74) is 3.43. The van der Waals surface area contributed by atoms with Crippen LogP contribution in [0, 0.1) is 0 Å². The third-order valence-electron chi connectivity index (χ3n) is 4.43. The van der Waals surface area contributed by atoms with Gasteiger partial charge in [0, 0.05) is 28.7 Å². The number of hydrogen-bond acceptors (Lipinski definition) is 3. The molecule has 0 aromatic carbocycles. The first-order chi connectivity index (χ1) is 10.8. The molecule has 0 radical (unpaired) electrons. The zero-order valence-corrected chi connectivity index (χ0v) is 14.5. The zero-order chi connectivity index (χ0) is 17.6. The van der Waals surface area contributed by atoms with Gasteiger partial charge >= 0.3 is 5.97 Å². The van der Waals surface area contributed by atoms with Crippen molar-refractivity contribution in [1.29, 1.82) is 0 Å². The molecule has 0 aromatic rings. The van der Waals surface area contributed by atoms with Crippen LogP contribution in [0.1, 0.15) is 66.2 Å². The largest absolute Gasteiger partial charge is 0.481 e. The highest BCUT2D eigenvalue weighted by Gasteiger charge is 2.26. The Hall–Kier alpha value is -1.97. The predicted octanol–water partition coefficient (Wildman–Crippen LogP) is 4.16. The fourth-order valence-electron chi connectivity index (χ4n) is 2.64. The third-order valence-corrected chi connectivity index (χ3v) is 4.43. The van der Waals surface area contributed by atoms with Crippen LogP contribution in [0.4, 0.5) is 0 Å². The van der Waals surface area contributed by atoms with Crippen molar-refractivity contribution >= 4 is 17.5 Å². The molecule has 0 heterocycles. The lowest BCUT2D eigenvalue weighted by molar-refractivity contribution is -0.137. The molecule has 0 bridgehead atoms. The van der Waals surface area contributed by atoms with E-state index in [0.29, 0.717) is 35.1 Å². The Morgan fingerprint density at radius 2 is 1.48 bits per heavy atom. The lowest BCUT2D eigenvalue weighted by Gasteiger charge is -2.17. The normalized spacial score (nSPS) is 16.4. The van der Waals surface area contributed by atoms with E-state index in [1.807, 2.05) is 13.0 Å². The van der Waals surface area contributed by atoms with Crippen molar-refractivity contribution in [3.8, 4) is 0 Å². The number of rotatable bonds is 8. The molecule has 0 unspecified atom stereocenters. The Kier molecular flexibility index (Phi) is 7.14. The fourth-order valence-corrected chi connectivity index (χ4v) is 2.64. The Labute approximate surface area is 138 Å².